The minimum atomic E-state index is -2.04. The zero-order valence-corrected chi connectivity index (χ0v) is 32.5. The highest BCUT2D eigenvalue weighted by Crippen LogP contribution is 2.40. The van der Waals surface area contributed by atoms with Crippen LogP contribution in [0.2, 0.25) is 58.9 Å². The van der Waals surface area contributed by atoms with Crippen molar-refractivity contribution in [1.29, 1.82) is 0 Å². The number of ketones is 2. The molecule has 0 radical (unpaired) electrons. The molecule has 8 atom stereocenters. The molecule has 0 N–H and O–H groups in total. The Balaban J connectivity index is 1.71. The van der Waals surface area contributed by atoms with Gasteiger partial charge in [-0.3, -0.25) is 9.59 Å². The minimum Gasteiger partial charge on any atom is -0.490 e. The molecule has 45 heavy (non-hydrogen) atoms. The van der Waals surface area contributed by atoms with E-state index in [0.717, 1.165) is 0 Å². The lowest BCUT2D eigenvalue weighted by Gasteiger charge is -2.47. The molecule has 0 amide bonds. The molecule has 0 saturated carbocycles. The molecule has 3 rings (SSSR count). The van der Waals surface area contributed by atoms with Gasteiger partial charge in [-0.2, -0.15) is 0 Å². The van der Waals surface area contributed by atoms with Crippen molar-refractivity contribution in [3.8, 4) is 5.75 Å². The number of carbonyl (C=O) groups is 2. The Bertz CT molecular complexity index is 1140. The van der Waals surface area contributed by atoms with Gasteiger partial charge in [0.2, 0.25) is 0 Å². The van der Waals surface area contributed by atoms with Crippen LogP contribution < -0.4 is 4.74 Å². The Kier molecular flexibility index (Phi) is 13.2. The highest BCUT2D eigenvalue weighted by Gasteiger charge is 2.52. The van der Waals surface area contributed by atoms with Crippen molar-refractivity contribution < 1.29 is 37.1 Å². The minimum absolute atomic E-state index is 0.0716. The lowest BCUT2D eigenvalue weighted by atomic mass is 9.85. The van der Waals surface area contributed by atoms with E-state index >= 15 is 0 Å². The number of ether oxygens (including phenoxy) is 3. The lowest BCUT2D eigenvalue weighted by molar-refractivity contribution is -0.158. The van der Waals surface area contributed by atoms with Gasteiger partial charge >= 0.3 is 0 Å². The fourth-order valence-corrected chi connectivity index (χ4v) is 9.50. The number of hydrogen-bond donors (Lipinski definition) is 0. The lowest BCUT2D eigenvalue weighted by Crippen LogP contribution is -2.58. The van der Waals surface area contributed by atoms with Crippen LogP contribution in [-0.2, 0) is 27.5 Å². The second-order valence-corrected chi connectivity index (χ2v) is 29.0. The second kappa shape index (κ2) is 15.6. The van der Waals surface area contributed by atoms with Crippen molar-refractivity contribution >= 4 is 36.5 Å². The molecule has 2 aliphatic heterocycles. The predicted molar refractivity (Wildman–Crippen MR) is 187 cm³/mol. The summed E-state index contributed by atoms with van der Waals surface area (Å²) in [6, 6.07) is 6.87. The van der Waals surface area contributed by atoms with Gasteiger partial charge in [-0.05, 0) is 90.1 Å². The summed E-state index contributed by atoms with van der Waals surface area (Å²) in [4.78, 5) is 26.3. The summed E-state index contributed by atoms with van der Waals surface area (Å²) in [7, 11) is -5.72. The van der Waals surface area contributed by atoms with E-state index in [9.17, 15) is 9.59 Å². The summed E-state index contributed by atoms with van der Waals surface area (Å²) in [5, 5.41) is 0. The van der Waals surface area contributed by atoms with Gasteiger partial charge in [0.05, 0.1) is 43.5 Å². The van der Waals surface area contributed by atoms with Crippen LogP contribution in [0.5, 0.6) is 5.75 Å². The maximum Gasteiger partial charge on any atom is 0.184 e. The van der Waals surface area contributed by atoms with Gasteiger partial charge in [0, 0.05) is 36.3 Å². The van der Waals surface area contributed by atoms with Crippen LogP contribution in [0, 0.1) is 11.8 Å². The zero-order valence-electron chi connectivity index (χ0n) is 29.5. The second-order valence-electron chi connectivity index (χ2n) is 15.7. The first kappa shape index (κ1) is 38.0. The third kappa shape index (κ3) is 12.6. The Morgan fingerprint density at radius 1 is 0.911 bits per heavy atom. The highest BCUT2D eigenvalue weighted by molar-refractivity contribution is 6.70. The van der Waals surface area contributed by atoms with E-state index in [2.05, 4.69) is 79.3 Å². The molecule has 0 spiro atoms. The molecule has 0 unspecified atom stereocenters. The third-order valence-corrected chi connectivity index (χ3v) is 11.0. The zero-order chi connectivity index (χ0) is 33.7. The molecule has 2 aliphatic rings. The van der Waals surface area contributed by atoms with Crippen LogP contribution in [0.15, 0.2) is 36.9 Å². The van der Waals surface area contributed by atoms with Gasteiger partial charge in [0.1, 0.15) is 18.1 Å². The summed E-state index contributed by atoms with van der Waals surface area (Å²) in [6.45, 7) is 28.4. The van der Waals surface area contributed by atoms with Gasteiger partial charge in [0.15, 0.2) is 30.7 Å². The summed E-state index contributed by atoms with van der Waals surface area (Å²) in [5.74, 6) is 0.392. The normalized spacial score (nSPS) is 27.0. The predicted octanol–water partition coefficient (Wildman–Crippen LogP) is 7.27. The Hall–Kier alpha value is -1.45. The number of epoxide rings is 1. The van der Waals surface area contributed by atoms with E-state index in [-0.39, 0.29) is 72.9 Å². The fourth-order valence-electron chi connectivity index (χ4n) is 5.92. The van der Waals surface area contributed by atoms with Crippen LogP contribution in [0.4, 0.5) is 0 Å². The van der Waals surface area contributed by atoms with Gasteiger partial charge in [-0.15, -0.1) is 0 Å². The number of rotatable bonds is 18. The molecule has 2 fully saturated rings. The van der Waals surface area contributed by atoms with E-state index in [1.807, 2.05) is 0 Å². The Morgan fingerprint density at radius 2 is 1.51 bits per heavy atom. The van der Waals surface area contributed by atoms with Crippen molar-refractivity contribution in [2.24, 2.45) is 11.8 Å². The SMILES string of the molecule is C=CCOc1ccc(C(=O)CC(=O)C[C@H]2CO[C@@H](C[C@@H]3O[C@H]3[C@H](C)[C@H](C)O[Si](C)(C)C)[C@@H](O[Si](C)(C)C)[C@@H]2O[Si](C)(C)C)cc1. The molecule has 0 bridgehead atoms. The topological polar surface area (TPSA) is 92.8 Å². The van der Waals surface area contributed by atoms with E-state index in [1.165, 1.54) is 0 Å². The smallest absolute Gasteiger partial charge is 0.184 e. The average molecular weight is 679 g/mol. The number of Topliss-reactive ketones (excluding diaryl/α,β-unsaturated/α-hetero) is 2. The summed E-state index contributed by atoms with van der Waals surface area (Å²) in [5.41, 5.74) is 0.488. The fraction of sp³-hybridized carbons (Fsp3) is 0.706. The molecule has 11 heteroatoms. The maximum atomic E-state index is 13.3. The van der Waals surface area contributed by atoms with E-state index in [4.69, 9.17) is 27.5 Å². The summed E-state index contributed by atoms with van der Waals surface area (Å²) in [6.07, 6.45) is 1.90. The molecule has 2 saturated heterocycles. The maximum absolute atomic E-state index is 13.3. The van der Waals surface area contributed by atoms with E-state index < -0.39 is 25.0 Å². The third-order valence-electron chi connectivity index (χ3n) is 7.93. The first-order valence-corrected chi connectivity index (χ1v) is 26.7. The molecular formula is C34H58O8Si3. The number of carbonyl (C=O) groups excluding carboxylic acids is 2. The molecule has 1 aromatic carbocycles. The molecule has 254 valence electrons. The van der Waals surface area contributed by atoms with Crippen molar-refractivity contribution in [2.75, 3.05) is 13.2 Å². The molecule has 1 aromatic rings. The Labute approximate surface area is 274 Å². The van der Waals surface area contributed by atoms with Crippen LogP contribution in [0.1, 0.15) is 43.5 Å². The quantitative estimate of drug-likeness (QED) is 0.0526. The van der Waals surface area contributed by atoms with Gasteiger partial charge in [-0.1, -0.05) is 19.6 Å². The van der Waals surface area contributed by atoms with Crippen LogP contribution in [0.25, 0.3) is 0 Å². The van der Waals surface area contributed by atoms with Crippen molar-refractivity contribution in [1.82, 2.24) is 0 Å². The first-order valence-electron chi connectivity index (χ1n) is 16.5. The van der Waals surface area contributed by atoms with Gasteiger partial charge in [0.25, 0.3) is 0 Å². The standard InChI is InChI=1S/C34H58O8Si3/c1-13-18-37-28-16-14-25(15-17-28)29(36)20-27(35)19-26-22-38-30(34(42-45(10,11)12)33(26)41-44(7,8)9)21-31-32(39-31)23(2)24(3)40-43(4,5)6/h13-17,23-24,26,30-34H,1,18-22H2,2-12H3/t23-,24+,26+,30+,31+,32+,33-,34-/m1/s1. The van der Waals surface area contributed by atoms with Crippen LogP contribution >= 0.6 is 0 Å². The van der Waals surface area contributed by atoms with Gasteiger partial charge < -0.3 is 27.5 Å². The summed E-state index contributed by atoms with van der Waals surface area (Å²) >= 11 is 0. The largest absolute Gasteiger partial charge is 0.490 e. The van der Waals surface area contributed by atoms with Crippen LogP contribution in [0.3, 0.4) is 0 Å². The number of benzene rings is 1. The van der Waals surface area contributed by atoms with Crippen molar-refractivity contribution in [2.45, 2.75) is 129 Å². The van der Waals surface area contributed by atoms with Crippen molar-refractivity contribution in [3.63, 3.8) is 0 Å². The van der Waals surface area contributed by atoms with Crippen molar-refractivity contribution in [3.05, 3.63) is 42.5 Å². The average Bonchev–Trinajstić information content (AvgIpc) is 3.67. The summed E-state index contributed by atoms with van der Waals surface area (Å²) < 4.78 is 38.2. The first-order chi connectivity index (χ1) is 20.8. The number of hydrogen-bond acceptors (Lipinski definition) is 8. The van der Waals surface area contributed by atoms with Gasteiger partial charge in [-0.25, -0.2) is 0 Å². The molecule has 2 heterocycles. The van der Waals surface area contributed by atoms with E-state index in [1.54, 1.807) is 30.3 Å². The molecule has 8 nitrogen and oxygen atoms in total. The van der Waals surface area contributed by atoms with E-state index in [0.29, 0.717) is 30.9 Å². The Morgan fingerprint density at radius 3 is 2.07 bits per heavy atom. The molecular weight excluding hydrogens is 621 g/mol. The monoisotopic (exact) mass is 678 g/mol. The molecule has 0 aromatic heterocycles. The highest BCUT2D eigenvalue weighted by atomic mass is 28.4. The molecule has 0 aliphatic carbocycles. The van der Waals surface area contributed by atoms with Crippen LogP contribution in [-0.4, -0.2) is 86.4 Å².